The Kier molecular flexibility index (Phi) is 5.44. The van der Waals surface area contributed by atoms with Crippen LogP contribution in [0.2, 0.25) is 0 Å². The zero-order valence-corrected chi connectivity index (χ0v) is 12.2. The van der Waals surface area contributed by atoms with E-state index in [1.807, 2.05) is 6.92 Å². The highest BCUT2D eigenvalue weighted by atomic mass is 79.9. The van der Waals surface area contributed by atoms with Crippen LogP contribution in [0.25, 0.3) is 0 Å². The summed E-state index contributed by atoms with van der Waals surface area (Å²) in [5, 5.41) is 22.3. The molecule has 0 aliphatic heterocycles. The molecule has 6 nitrogen and oxygen atoms in total. The molecule has 0 aliphatic carbocycles. The summed E-state index contributed by atoms with van der Waals surface area (Å²) >= 11 is 3.15. The molecule has 0 spiro atoms. The number of halogens is 1. The number of hydrogen-bond acceptors (Lipinski definition) is 4. The standard InChI is InChI=1S/C12H15BrN2O4/c1-7(6-16)8(2)14-12(17)10-4-3-9(15(18)19)5-11(10)13/h3-5,7-8,16H,6H2,1-2H3,(H,14,17). The molecule has 1 aromatic carbocycles. The van der Waals surface area contributed by atoms with Gasteiger partial charge in [0, 0.05) is 29.3 Å². The van der Waals surface area contributed by atoms with Crippen LogP contribution in [0.15, 0.2) is 22.7 Å². The van der Waals surface area contributed by atoms with E-state index in [1.54, 1.807) is 6.92 Å². The van der Waals surface area contributed by atoms with Crippen LogP contribution in [-0.4, -0.2) is 28.6 Å². The molecule has 1 rings (SSSR count). The lowest BCUT2D eigenvalue weighted by atomic mass is 10.0. The predicted molar refractivity (Wildman–Crippen MR) is 74.0 cm³/mol. The Hall–Kier alpha value is -1.47. The molecule has 19 heavy (non-hydrogen) atoms. The van der Waals surface area contributed by atoms with E-state index in [0.29, 0.717) is 10.0 Å². The van der Waals surface area contributed by atoms with Gasteiger partial charge in [0.25, 0.3) is 11.6 Å². The second kappa shape index (κ2) is 6.63. The van der Waals surface area contributed by atoms with Gasteiger partial charge >= 0.3 is 0 Å². The van der Waals surface area contributed by atoms with E-state index < -0.39 is 4.92 Å². The number of nitro groups is 1. The first-order chi connectivity index (χ1) is 8.86. The van der Waals surface area contributed by atoms with Crippen molar-refractivity contribution in [1.29, 1.82) is 0 Å². The normalized spacial score (nSPS) is 13.7. The van der Waals surface area contributed by atoms with Crippen LogP contribution in [-0.2, 0) is 0 Å². The van der Waals surface area contributed by atoms with Crippen molar-refractivity contribution >= 4 is 27.5 Å². The van der Waals surface area contributed by atoms with Gasteiger partial charge in [-0.1, -0.05) is 6.92 Å². The molecule has 2 unspecified atom stereocenters. The summed E-state index contributed by atoms with van der Waals surface area (Å²) in [4.78, 5) is 22.1. The number of nitro benzene ring substituents is 1. The fraction of sp³-hybridized carbons (Fsp3) is 0.417. The van der Waals surface area contributed by atoms with Crippen LogP contribution in [0.4, 0.5) is 5.69 Å². The lowest BCUT2D eigenvalue weighted by Gasteiger charge is -2.19. The van der Waals surface area contributed by atoms with Gasteiger partial charge in [-0.15, -0.1) is 0 Å². The topological polar surface area (TPSA) is 92.5 Å². The molecule has 0 saturated carbocycles. The molecular weight excluding hydrogens is 316 g/mol. The summed E-state index contributed by atoms with van der Waals surface area (Å²) < 4.78 is 0.364. The van der Waals surface area contributed by atoms with Crippen molar-refractivity contribution in [1.82, 2.24) is 5.32 Å². The Morgan fingerprint density at radius 2 is 2.16 bits per heavy atom. The number of amides is 1. The quantitative estimate of drug-likeness (QED) is 0.638. The van der Waals surface area contributed by atoms with Crippen LogP contribution in [0.5, 0.6) is 0 Å². The van der Waals surface area contributed by atoms with Crippen molar-refractivity contribution in [2.45, 2.75) is 19.9 Å². The van der Waals surface area contributed by atoms with Crippen LogP contribution in [0, 0.1) is 16.0 Å². The summed E-state index contributed by atoms with van der Waals surface area (Å²) in [6.45, 7) is 3.58. The van der Waals surface area contributed by atoms with Gasteiger partial charge in [-0.05, 0) is 34.8 Å². The first kappa shape index (κ1) is 15.6. The fourth-order valence-corrected chi connectivity index (χ4v) is 1.93. The van der Waals surface area contributed by atoms with Crippen molar-refractivity contribution in [2.24, 2.45) is 5.92 Å². The molecule has 104 valence electrons. The van der Waals surface area contributed by atoms with Crippen LogP contribution >= 0.6 is 15.9 Å². The van der Waals surface area contributed by atoms with Gasteiger partial charge in [0.05, 0.1) is 10.5 Å². The lowest BCUT2D eigenvalue weighted by molar-refractivity contribution is -0.384. The van der Waals surface area contributed by atoms with Crippen LogP contribution in [0.3, 0.4) is 0 Å². The number of carbonyl (C=O) groups excluding carboxylic acids is 1. The molecule has 0 aromatic heterocycles. The molecule has 0 heterocycles. The average Bonchev–Trinajstić information content (AvgIpc) is 2.37. The number of carbonyl (C=O) groups is 1. The van der Waals surface area contributed by atoms with Gasteiger partial charge in [-0.3, -0.25) is 14.9 Å². The average molecular weight is 331 g/mol. The van der Waals surface area contributed by atoms with Crippen molar-refractivity contribution in [3.8, 4) is 0 Å². The van der Waals surface area contributed by atoms with Gasteiger partial charge in [0.1, 0.15) is 0 Å². The minimum absolute atomic E-state index is 0.0249. The summed E-state index contributed by atoms with van der Waals surface area (Å²) in [6, 6.07) is 3.77. The summed E-state index contributed by atoms with van der Waals surface area (Å²) in [7, 11) is 0. The van der Waals surface area contributed by atoms with Gasteiger partial charge in [0.15, 0.2) is 0 Å². The SMILES string of the molecule is CC(CO)C(C)NC(=O)c1ccc([N+](=O)[O-])cc1Br. The molecular formula is C12H15BrN2O4. The Bertz CT molecular complexity index is 493. The second-order valence-corrected chi connectivity index (χ2v) is 5.20. The number of hydrogen-bond donors (Lipinski definition) is 2. The number of benzene rings is 1. The van der Waals surface area contributed by atoms with Crippen molar-refractivity contribution < 1.29 is 14.8 Å². The predicted octanol–water partition coefficient (Wildman–Crippen LogP) is 2.10. The summed E-state index contributed by atoms with van der Waals surface area (Å²) in [5.41, 5.74) is 0.239. The van der Waals surface area contributed by atoms with E-state index in [2.05, 4.69) is 21.2 Å². The minimum Gasteiger partial charge on any atom is -0.396 e. The van der Waals surface area contributed by atoms with Crippen molar-refractivity contribution in [3.05, 3.63) is 38.3 Å². The highest BCUT2D eigenvalue weighted by Crippen LogP contribution is 2.23. The number of non-ortho nitro benzene ring substituents is 1. The van der Waals surface area contributed by atoms with E-state index in [9.17, 15) is 14.9 Å². The number of nitrogens with one attached hydrogen (secondary N) is 1. The largest absolute Gasteiger partial charge is 0.396 e. The number of nitrogens with zero attached hydrogens (tertiary/aromatic N) is 1. The Labute approximate surface area is 119 Å². The second-order valence-electron chi connectivity index (χ2n) is 4.34. The molecule has 0 radical (unpaired) electrons. The third-order valence-electron chi connectivity index (χ3n) is 2.91. The van der Waals surface area contributed by atoms with Crippen molar-refractivity contribution in [2.75, 3.05) is 6.61 Å². The van der Waals surface area contributed by atoms with E-state index in [-0.39, 0.29) is 30.2 Å². The first-order valence-corrected chi connectivity index (χ1v) is 6.51. The van der Waals surface area contributed by atoms with Gasteiger partial charge in [0.2, 0.25) is 0 Å². The molecule has 1 amide bonds. The molecule has 0 aliphatic rings. The molecule has 0 fully saturated rings. The highest BCUT2D eigenvalue weighted by Gasteiger charge is 2.18. The molecule has 1 aromatic rings. The Morgan fingerprint density at radius 3 is 2.63 bits per heavy atom. The highest BCUT2D eigenvalue weighted by molar-refractivity contribution is 9.10. The monoisotopic (exact) mass is 330 g/mol. The molecule has 2 N–H and O–H groups in total. The Morgan fingerprint density at radius 1 is 1.53 bits per heavy atom. The summed E-state index contributed by atoms with van der Waals surface area (Å²) in [6.07, 6.45) is 0. The van der Waals surface area contributed by atoms with E-state index in [0.717, 1.165) is 0 Å². The zero-order chi connectivity index (χ0) is 14.6. The maximum atomic E-state index is 12.0. The van der Waals surface area contributed by atoms with Gasteiger partial charge in [-0.25, -0.2) is 0 Å². The molecule has 0 bridgehead atoms. The summed E-state index contributed by atoms with van der Waals surface area (Å²) in [5.74, 6) is -0.407. The molecule has 0 saturated heterocycles. The van der Waals surface area contributed by atoms with E-state index in [1.165, 1.54) is 18.2 Å². The van der Waals surface area contributed by atoms with E-state index in [4.69, 9.17) is 5.11 Å². The lowest BCUT2D eigenvalue weighted by Crippen LogP contribution is -2.38. The molecule has 7 heteroatoms. The van der Waals surface area contributed by atoms with Crippen LogP contribution < -0.4 is 5.32 Å². The maximum Gasteiger partial charge on any atom is 0.270 e. The number of aliphatic hydroxyl groups is 1. The van der Waals surface area contributed by atoms with Crippen molar-refractivity contribution in [3.63, 3.8) is 0 Å². The first-order valence-electron chi connectivity index (χ1n) is 5.72. The Balaban J connectivity index is 2.86. The number of aliphatic hydroxyl groups excluding tert-OH is 1. The zero-order valence-electron chi connectivity index (χ0n) is 10.6. The van der Waals surface area contributed by atoms with E-state index >= 15 is 0 Å². The maximum absolute atomic E-state index is 12.0. The fourth-order valence-electron chi connectivity index (χ4n) is 1.39. The smallest absolute Gasteiger partial charge is 0.270 e. The van der Waals surface area contributed by atoms with Crippen LogP contribution in [0.1, 0.15) is 24.2 Å². The number of rotatable bonds is 5. The van der Waals surface area contributed by atoms with Gasteiger partial charge in [-0.2, -0.15) is 0 Å². The minimum atomic E-state index is -0.525. The van der Waals surface area contributed by atoms with Gasteiger partial charge < -0.3 is 10.4 Å². The third kappa shape index (κ3) is 4.00. The molecule has 2 atom stereocenters. The third-order valence-corrected chi connectivity index (χ3v) is 3.56.